The molecule has 12 heteroatoms. The Morgan fingerprint density at radius 1 is 1.23 bits per heavy atom. The number of amides is 3. The van der Waals surface area contributed by atoms with Gasteiger partial charge in [0.05, 0.1) is 24.1 Å². The van der Waals surface area contributed by atoms with Gasteiger partial charge in [-0.25, -0.2) is 23.1 Å². The number of hydrogen-bond acceptors (Lipinski definition) is 5. The van der Waals surface area contributed by atoms with E-state index in [9.17, 15) is 18.4 Å². The summed E-state index contributed by atoms with van der Waals surface area (Å²) >= 11 is 0. The molecule has 1 aliphatic carbocycles. The summed E-state index contributed by atoms with van der Waals surface area (Å²) in [5.74, 6) is -3.21. The Morgan fingerprint density at radius 3 is 2.74 bits per heavy atom. The Balaban J connectivity index is 1.40. The van der Waals surface area contributed by atoms with Crippen LogP contribution in [0.3, 0.4) is 0 Å². The second-order valence-corrected chi connectivity index (χ2v) is 11.1. The SMILES string of the molecule is CC1CCCN(Cc2cnn3cc(C(NC(=O)c4ccnn4C(C)C)C4CCC(F)(F)CC4)nc3c2)C(=O)N1. The smallest absolute Gasteiger partial charge is 0.317 e. The number of halogens is 2. The van der Waals surface area contributed by atoms with E-state index in [0.717, 1.165) is 18.4 Å². The third kappa shape index (κ3) is 6.04. The van der Waals surface area contributed by atoms with Gasteiger partial charge in [0.1, 0.15) is 5.69 Å². The van der Waals surface area contributed by atoms with Crippen LogP contribution in [-0.4, -0.2) is 59.7 Å². The molecule has 0 radical (unpaired) electrons. The second kappa shape index (κ2) is 10.9. The number of carbonyl (C=O) groups excluding carboxylic acids is 2. The predicted octanol–water partition coefficient (Wildman–Crippen LogP) is 4.50. The summed E-state index contributed by atoms with van der Waals surface area (Å²) in [6, 6.07) is 3.00. The van der Waals surface area contributed by atoms with E-state index in [4.69, 9.17) is 4.98 Å². The third-order valence-corrected chi connectivity index (χ3v) is 7.72. The highest BCUT2D eigenvalue weighted by Crippen LogP contribution is 2.41. The van der Waals surface area contributed by atoms with Gasteiger partial charge in [-0.15, -0.1) is 0 Å². The minimum Gasteiger partial charge on any atom is -0.342 e. The van der Waals surface area contributed by atoms with Crippen molar-refractivity contribution >= 4 is 17.6 Å². The van der Waals surface area contributed by atoms with Crippen molar-refractivity contribution in [3.05, 3.63) is 47.7 Å². The molecule has 1 saturated carbocycles. The average Bonchev–Trinajstić information content (AvgIpc) is 3.51. The van der Waals surface area contributed by atoms with E-state index in [2.05, 4.69) is 20.8 Å². The van der Waals surface area contributed by atoms with Gasteiger partial charge in [-0.1, -0.05) is 0 Å². The standard InChI is InChI=1S/C27H36F2N8O2/c1-17(2)37-22(8-11-30-37)25(38)34-24(20-6-9-27(28,29)10-7-20)21-16-36-23(33-21)13-19(14-31-36)15-35-12-4-5-18(3)32-26(35)39/h8,11,13-14,16-18,20,24H,4-7,9-10,12,15H2,1-3H3,(H,32,39)(H,34,38). The van der Waals surface area contributed by atoms with Crippen LogP contribution in [0.4, 0.5) is 13.6 Å². The van der Waals surface area contributed by atoms with Gasteiger partial charge >= 0.3 is 6.03 Å². The minimum atomic E-state index is -2.69. The van der Waals surface area contributed by atoms with Crippen LogP contribution in [-0.2, 0) is 6.54 Å². The van der Waals surface area contributed by atoms with Crippen LogP contribution >= 0.6 is 0 Å². The number of carbonyl (C=O) groups is 2. The Labute approximate surface area is 226 Å². The first kappa shape index (κ1) is 27.0. The molecule has 1 saturated heterocycles. The highest BCUT2D eigenvalue weighted by Gasteiger charge is 2.39. The number of alkyl halides is 2. The first-order chi connectivity index (χ1) is 18.6. The zero-order valence-corrected chi connectivity index (χ0v) is 22.6. The first-order valence-electron chi connectivity index (χ1n) is 13.7. The fourth-order valence-corrected chi connectivity index (χ4v) is 5.56. The van der Waals surface area contributed by atoms with E-state index in [1.807, 2.05) is 26.8 Å². The highest BCUT2D eigenvalue weighted by atomic mass is 19.3. The lowest BCUT2D eigenvalue weighted by atomic mass is 9.81. The number of nitrogens with zero attached hydrogens (tertiary/aromatic N) is 6. The highest BCUT2D eigenvalue weighted by molar-refractivity contribution is 5.92. The van der Waals surface area contributed by atoms with Gasteiger partial charge in [-0.3, -0.25) is 9.48 Å². The molecule has 1 aliphatic heterocycles. The van der Waals surface area contributed by atoms with Crippen molar-refractivity contribution in [3.8, 4) is 0 Å². The van der Waals surface area contributed by atoms with Crippen LogP contribution in [0.25, 0.3) is 5.65 Å². The number of urea groups is 1. The molecule has 0 aromatic carbocycles. The van der Waals surface area contributed by atoms with Gasteiger partial charge in [0.2, 0.25) is 5.92 Å². The molecule has 2 aliphatic rings. The van der Waals surface area contributed by atoms with E-state index in [-0.39, 0.29) is 55.6 Å². The van der Waals surface area contributed by atoms with Crippen LogP contribution < -0.4 is 10.6 Å². The van der Waals surface area contributed by atoms with Gasteiger partial charge in [-0.2, -0.15) is 10.2 Å². The molecule has 210 valence electrons. The molecule has 0 bridgehead atoms. The molecule has 10 nitrogen and oxygen atoms in total. The maximum absolute atomic E-state index is 14.0. The molecule has 4 heterocycles. The van der Waals surface area contributed by atoms with Crippen LogP contribution in [0.5, 0.6) is 0 Å². The zero-order chi connectivity index (χ0) is 27.7. The van der Waals surface area contributed by atoms with Crippen LogP contribution in [0.15, 0.2) is 30.7 Å². The average molecular weight is 543 g/mol. The molecule has 5 rings (SSSR count). The quantitative estimate of drug-likeness (QED) is 0.457. The van der Waals surface area contributed by atoms with E-state index >= 15 is 0 Å². The first-order valence-corrected chi connectivity index (χ1v) is 13.7. The van der Waals surface area contributed by atoms with Gasteiger partial charge < -0.3 is 15.5 Å². The van der Waals surface area contributed by atoms with Crippen molar-refractivity contribution in [1.82, 2.24) is 39.9 Å². The molecule has 39 heavy (non-hydrogen) atoms. The molecule has 3 aromatic heterocycles. The van der Waals surface area contributed by atoms with Gasteiger partial charge in [-0.05, 0) is 70.1 Å². The van der Waals surface area contributed by atoms with Crippen LogP contribution in [0.1, 0.15) is 93.1 Å². The van der Waals surface area contributed by atoms with Crippen molar-refractivity contribution in [2.45, 2.75) is 89.9 Å². The lowest BCUT2D eigenvalue weighted by molar-refractivity contribution is -0.0495. The monoisotopic (exact) mass is 542 g/mol. The summed E-state index contributed by atoms with van der Waals surface area (Å²) in [5.41, 5.74) is 2.38. The van der Waals surface area contributed by atoms with Crippen molar-refractivity contribution < 1.29 is 18.4 Å². The summed E-state index contributed by atoms with van der Waals surface area (Å²) in [6.07, 6.45) is 6.98. The largest absolute Gasteiger partial charge is 0.342 e. The molecule has 0 spiro atoms. The Morgan fingerprint density at radius 2 is 2.00 bits per heavy atom. The number of aromatic nitrogens is 5. The molecule has 3 aromatic rings. The van der Waals surface area contributed by atoms with E-state index in [1.54, 1.807) is 38.8 Å². The maximum Gasteiger partial charge on any atom is 0.317 e. The van der Waals surface area contributed by atoms with Crippen molar-refractivity contribution in [3.63, 3.8) is 0 Å². The Bertz CT molecular complexity index is 1330. The third-order valence-electron chi connectivity index (χ3n) is 7.72. The van der Waals surface area contributed by atoms with Crippen molar-refractivity contribution in [2.24, 2.45) is 5.92 Å². The molecule has 2 unspecified atom stereocenters. The van der Waals surface area contributed by atoms with Gasteiger partial charge in [0.25, 0.3) is 5.91 Å². The van der Waals surface area contributed by atoms with E-state index in [1.165, 1.54) is 0 Å². The number of rotatable bonds is 7. The molecule has 3 amide bonds. The normalized spacial score (nSPS) is 21.1. The lowest BCUT2D eigenvalue weighted by Crippen LogP contribution is -2.40. The van der Waals surface area contributed by atoms with Crippen molar-refractivity contribution in [2.75, 3.05) is 6.54 Å². The Kier molecular flexibility index (Phi) is 7.55. The number of nitrogens with one attached hydrogen (secondary N) is 2. The zero-order valence-electron chi connectivity index (χ0n) is 22.6. The Hall–Kier alpha value is -3.57. The predicted molar refractivity (Wildman–Crippen MR) is 140 cm³/mol. The summed E-state index contributed by atoms with van der Waals surface area (Å²) in [7, 11) is 0. The van der Waals surface area contributed by atoms with Crippen molar-refractivity contribution in [1.29, 1.82) is 0 Å². The molecular weight excluding hydrogens is 506 g/mol. The number of imidazole rings is 1. The maximum atomic E-state index is 14.0. The second-order valence-electron chi connectivity index (χ2n) is 11.1. The van der Waals surface area contributed by atoms with Gasteiger partial charge in [0.15, 0.2) is 5.65 Å². The minimum absolute atomic E-state index is 0.0140. The molecule has 2 fully saturated rings. The molecular formula is C27H36F2N8O2. The molecule has 2 atom stereocenters. The van der Waals surface area contributed by atoms with Crippen LogP contribution in [0, 0.1) is 5.92 Å². The fraction of sp³-hybridized carbons (Fsp3) is 0.593. The van der Waals surface area contributed by atoms with E-state index in [0.29, 0.717) is 30.1 Å². The van der Waals surface area contributed by atoms with E-state index < -0.39 is 12.0 Å². The summed E-state index contributed by atoms with van der Waals surface area (Å²) < 4.78 is 31.2. The topological polar surface area (TPSA) is 109 Å². The number of hydrogen-bond donors (Lipinski definition) is 2. The van der Waals surface area contributed by atoms with Gasteiger partial charge in [0, 0.05) is 44.2 Å². The van der Waals surface area contributed by atoms with Crippen LogP contribution in [0.2, 0.25) is 0 Å². The number of fused-ring (bicyclic) bond motifs is 1. The molecule has 2 N–H and O–H groups in total. The lowest BCUT2D eigenvalue weighted by Gasteiger charge is -2.33. The summed E-state index contributed by atoms with van der Waals surface area (Å²) in [4.78, 5) is 32.4. The summed E-state index contributed by atoms with van der Waals surface area (Å²) in [6.45, 7) is 6.94. The fourth-order valence-electron chi connectivity index (χ4n) is 5.56. The summed E-state index contributed by atoms with van der Waals surface area (Å²) in [5, 5.41) is 14.8.